The van der Waals surface area contributed by atoms with Gasteiger partial charge in [-0.15, -0.1) is 0 Å². The molecule has 0 aliphatic heterocycles. The SMILES string of the molecule is CSCC(=S)C(C)C. The van der Waals surface area contributed by atoms with E-state index in [1.54, 1.807) is 11.8 Å². The maximum atomic E-state index is 5.06. The van der Waals surface area contributed by atoms with Crippen LogP contribution in [0.1, 0.15) is 13.8 Å². The first-order chi connectivity index (χ1) is 3.68. The van der Waals surface area contributed by atoms with Crippen LogP contribution in [-0.4, -0.2) is 16.9 Å². The van der Waals surface area contributed by atoms with Crippen LogP contribution in [0.5, 0.6) is 0 Å². The molecule has 0 atom stereocenters. The van der Waals surface area contributed by atoms with E-state index in [-0.39, 0.29) is 0 Å². The highest BCUT2D eigenvalue weighted by molar-refractivity contribution is 8.00. The summed E-state index contributed by atoms with van der Waals surface area (Å²) in [6, 6.07) is 0. The minimum absolute atomic E-state index is 0.581. The Morgan fingerprint density at radius 3 is 2.25 bits per heavy atom. The van der Waals surface area contributed by atoms with Gasteiger partial charge in [0.15, 0.2) is 0 Å². The van der Waals surface area contributed by atoms with Crippen LogP contribution in [0.25, 0.3) is 0 Å². The minimum atomic E-state index is 0.581. The monoisotopic (exact) mass is 148 g/mol. The second-order valence-electron chi connectivity index (χ2n) is 2.05. The molecule has 0 aromatic carbocycles. The fraction of sp³-hybridized carbons (Fsp3) is 0.833. The number of thioether (sulfide) groups is 1. The Kier molecular flexibility index (Phi) is 4.57. The minimum Gasteiger partial charge on any atom is -0.160 e. The van der Waals surface area contributed by atoms with Crippen LogP contribution in [0.4, 0.5) is 0 Å². The first-order valence-electron chi connectivity index (χ1n) is 2.70. The Labute approximate surface area is 61.0 Å². The summed E-state index contributed by atoms with van der Waals surface area (Å²) in [5.74, 6) is 1.62. The molecule has 8 heavy (non-hydrogen) atoms. The van der Waals surface area contributed by atoms with Gasteiger partial charge in [0, 0.05) is 10.6 Å². The Hall–Kier alpha value is 0.440. The van der Waals surface area contributed by atoms with Crippen molar-refractivity contribution in [1.29, 1.82) is 0 Å². The van der Waals surface area contributed by atoms with Gasteiger partial charge in [-0.2, -0.15) is 11.8 Å². The lowest BCUT2D eigenvalue weighted by molar-refractivity contribution is 0.898. The van der Waals surface area contributed by atoms with E-state index in [9.17, 15) is 0 Å². The molecule has 0 saturated heterocycles. The van der Waals surface area contributed by atoms with Crippen molar-refractivity contribution in [1.82, 2.24) is 0 Å². The van der Waals surface area contributed by atoms with Gasteiger partial charge < -0.3 is 0 Å². The summed E-state index contributed by atoms with van der Waals surface area (Å²) in [6.07, 6.45) is 2.08. The molecule has 0 nitrogen and oxygen atoms in total. The maximum absolute atomic E-state index is 5.06. The summed E-state index contributed by atoms with van der Waals surface area (Å²) in [7, 11) is 0. The predicted octanol–water partition coefficient (Wildman–Crippen LogP) is 2.38. The van der Waals surface area contributed by atoms with E-state index in [2.05, 4.69) is 20.1 Å². The van der Waals surface area contributed by atoms with Crippen molar-refractivity contribution in [3.8, 4) is 0 Å². The number of thiocarbonyl (C=S) groups is 1. The molecule has 0 aromatic rings. The summed E-state index contributed by atoms with van der Waals surface area (Å²) < 4.78 is 0. The van der Waals surface area contributed by atoms with Crippen molar-refractivity contribution in [2.45, 2.75) is 13.8 Å². The first-order valence-corrected chi connectivity index (χ1v) is 4.50. The fourth-order valence-electron chi connectivity index (χ4n) is 0.309. The summed E-state index contributed by atoms with van der Waals surface area (Å²) in [5, 5.41) is 0. The molecule has 0 bridgehead atoms. The highest BCUT2D eigenvalue weighted by Gasteiger charge is 1.98. The van der Waals surface area contributed by atoms with Gasteiger partial charge in [-0.25, -0.2) is 0 Å². The van der Waals surface area contributed by atoms with Crippen molar-refractivity contribution in [2.24, 2.45) is 5.92 Å². The third-order valence-electron chi connectivity index (χ3n) is 0.931. The van der Waals surface area contributed by atoms with Crippen LogP contribution in [0.2, 0.25) is 0 Å². The average Bonchev–Trinajstić information content (AvgIpc) is 1.67. The Balaban J connectivity index is 3.33. The van der Waals surface area contributed by atoms with Gasteiger partial charge in [-0.1, -0.05) is 26.1 Å². The Bertz CT molecular complexity index is 76.6. The fourth-order valence-corrected chi connectivity index (χ4v) is 1.28. The van der Waals surface area contributed by atoms with Gasteiger partial charge in [0.2, 0.25) is 0 Å². The second-order valence-corrected chi connectivity index (χ2v) is 3.44. The van der Waals surface area contributed by atoms with Crippen LogP contribution in [0.3, 0.4) is 0 Å². The molecule has 0 heterocycles. The smallest absolute Gasteiger partial charge is 0.0248 e. The zero-order chi connectivity index (χ0) is 6.57. The molecule has 0 aliphatic rings. The normalized spacial score (nSPS) is 10.0. The molecule has 0 radical (unpaired) electrons. The van der Waals surface area contributed by atoms with Crippen LogP contribution in [0.15, 0.2) is 0 Å². The average molecular weight is 148 g/mol. The molecule has 0 aliphatic carbocycles. The molecule has 0 rings (SSSR count). The number of rotatable bonds is 3. The third-order valence-corrected chi connectivity index (χ3v) is 2.33. The van der Waals surface area contributed by atoms with Crippen LogP contribution in [-0.2, 0) is 0 Å². The molecular formula is C6H12S2. The van der Waals surface area contributed by atoms with E-state index in [0.717, 1.165) is 5.75 Å². The van der Waals surface area contributed by atoms with Gasteiger partial charge in [-0.05, 0) is 12.2 Å². The quantitative estimate of drug-likeness (QED) is 0.564. The van der Waals surface area contributed by atoms with Gasteiger partial charge >= 0.3 is 0 Å². The highest BCUT2D eigenvalue weighted by Crippen LogP contribution is 2.02. The van der Waals surface area contributed by atoms with Crippen LogP contribution >= 0.6 is 24.0 Å². The van der Waals surface area contributed by atoms with Gasteiger partial charge in [0.05, 0.1) is 0 Å². The van der Waals surface area contributed by atoms with E-state index in [4.69, 9.17) is 12.2 Å². The van der Waals surface area contributed by atoms with Crippen molar-refractivity contribution >= 4 is 28.8 Å². The molecule has 0 unspecified atom stereocenters. The van der Waals surface area contributed by atoms with E-state index in [1.807, 2.05) is 0 Å². The summed E-state index contributed by atoms with van der Waals surface area (Å²) in [5.41, 5.74) is 0. The number of hydrogen-bond acceptors (Lipinski definition) is 2. The van der Waals surface area contributed by atoms with Crippen molar-refractivity contribution in [3.05, 3.63) is 0 Å². The van der Waals surface area contributed by atoms with Crippen molar-refractivity contribution in [3.63, 3.8) is 0 Å². The maximum Gasteiger partial charge on any atom is 0.0248 e. The molecular weight excluding hydrogens is 136 g/mol. The Morgan fingerprint density at radius 2 is 2.12 bits per heavy atom. The van der Waals surface area contributed by atoms with Crippen LogP contribution in [0, 0.1) is 5.92 Å². The standard InChI is InChI=1S/C6H12S2/c1-5(2)6(7)4-8-3/h5H,4H2,1-3H3. The summed E-state index contributed by atoms with van der Waals surface area (Å²) in [6.45, 7) is 4.27. The lowest BCUT2D eigenvalue weighted by atomic mass is 10.2. The zero-order valence-corrected chi connectivity index (χ0v) is 7.23. The van der Waals surface area contributed by atoms with E-state index >= 15 is 0 Å². The van der Waals surface area contributed by atoms with E-state index in [0.29, 0.717) is 5.92 Å². The van der Waals surface area contributed by atoms with E-state index < -0.39 is 0 Å². The third kappa shape index (κ3) is 3.44. The number of hydrogen-bond donors (Lipinski definition) is 0. The van der Waals surface area contributed by atoms with Gasteiger partial charge in [-0.3, -0.25) is 0 Å². The summed E-state index contributed by atoms with van der Waals surface area (Å²) >= 11 is 6.85. The molecule has 0 amide bonds. The zero-order valence-electron chi connectivity index (χ0n) is 5.60. The first kappa shape index (κ1) is 8.44. The lowest BCUT2D eigenvalue weighted by Crippen LogP contribution is -2.05. The predicted molar refractivity (Wildman–Crippen MR) is 45.8 cm³/mol. The molecule has 0 aromatic heterocycles. The second kappa shape index (κ2) is 4.33. The molecule has 0 spiro atoms. The van der Waals surface area contributed by atoms with Gasteiger partial charge in [0.25, 0.3) is 0 Å². The molecule has 2 heteroatoms. The summed E-state index contributed by atoms with van der Waals surface area (Å²) in [4.78, 5) is 1.18. The van der Waals surface area contributed by atoms with Crippen molar-refractivity contribution < 1.29 is 0 Å². The molecule has 0 fully saturated rings. The molecule has 0 N–H and O–H groups in total. The lowest BCUT2D eigenvalue weighted by Gasteiger charge is -2.02. The van der Waals surface area contributed by atoms with Crippen molar-refractivity contribution in [2.75, 3.05) is 12.0 Å². The Morgan fingerprint density at radius 1 is 1.62 bits per heavy atom. The van der Waals surface area contributed by atoms with E-state index in [1.165, 1.54) is 4.86 Å². The largest absolute Gasteiger partial charge is 0.160 e. The van der Waals surface area contributed by atoms with Gasteiger partial charge in [0.1, 0.15) is 0 Å². The van der Waals surface area contributed by atoms with Crippen LogP contribution < -0.4 is 0 Å². The molecule has 0 saturated carbocycles. The molecule has 48 valence electrons. The topological polar surface area (TPSA) is 0 Å². The highest BCUT2D eigenvalue weighted by atomic mass is 32.2.